The van der Waals surface area contributed by atoms with Crippen LogP contribution in [0.1, 0.15) is 41.6 Å². The van der Waals surface area contributed by atoms with Crippen molar-refractivity contribution in [3.05, 3.63) is 35.4 Å². The van der Waals surface area contributed by atoms with E-state index in [0.717, 1.165) is 12.1 Å². The lowest BCUT2D eigenvalue weighted by molar-refractivity contribution is -0.140. The summed E-state index contributed by atoms with van der Waals surface area (Å²) in [5, 5.41) is 0. The third-order valence-corrected chi connectivity index (χ3v) is 2.77. The number of methoxy groups -OCH3 is 1. The summed E-state index contributed by atoms with van der Waals surface area (Å²) < 4.78 is 42.0. The number of hydrogen-bond acceptors (Lipinski definition) is 3. The second-order valence-electron chi connectivity index (χ2n) is 4.28. The summed E-state index contributed by atoms with van der Waals surface area (Å²) in [6.45, 7) is 0. The molecule has 0 aliphatic heterocycles. The molecule has 1 aromatic carbocycles. The smallest absolute Gasteiger partial charge is 0.416 e. The molecule has 0 heterocycles. The molecule has 0 N–H and O–H groups in total. The van der Waals surface area contributed by atoms with Crippen LogP contribution in [0.4, 0.5) is 13.2 Å². The molecule has 0 saturated carbocycles. The SMILES string of the molecule is COC(=O)CCCCC(=O)c1cccc(C(F)(F)F)c1. The molecule has 0 aliphatic carbocycles. The number of carbonyl (C=O) groups is 2. The number of unbranched alkanes of at least 4 members (excludes halogenated alkanes) is 1. The molecule has 6 heteroatoms. The maximum atomic E-state index is 12.5. The van der Waals surface area contributed by atoms with Gasteiger partial charge >= 0.3 is 12.1 Å². The Bertz CT molecular complexity index is 481. The number of ketones is 1. The van der Waals surface area contributed by atoms with E-state index in [1.807, 2.05) is 0 Å². The van der Waals surface area contributed by atoms with Crippen LogP contribution in [0.2, 0.25) is 0 Å². The van der Waals surface area contributed by atoms with Crippen molar-refractivity contribution in [3.8, 4) is 0 Å². The lowest BCUT2D eigenvalue weighted by atomic mass is 10.0. The fourth-order valence-corrected chi connectivity index (χ4v) is 1.67. The highest BCUT2D eigenvalue weighted by Crippen LogP contribution is 2.29. The summed E-state index contributed by atoms with van der Waals surface area (Å²) in [4.78, 5) is 22.6. The van der Waals surface area contributed by atoms with Gasteiger partial charge in [-0.2, -0.15) is 13.2 Å². The third kappa shape index (κ3) is 5.03. The molecule has 0 amide bonds. The lowest BCUT2D eigenvalue weighted by Gasteiger charge is -2.08. The second-order valence-corrected chi connectivity index (χ2v) is 4.28. The molecule has 0 saturated heterocycles. The number of Topliss-reactive ketones (excluding diaryl/α,β-unsaturated/α-hetero) is 1. The fourth-order valence-electron chi connectivity index (χ4n) is 1.67. The van der Waals surface area contributed by atoms with Crippen LogP contribution in [-0.4, -0.2) is 18.9 Å². The average molecular weight is 288 g/mol. The fraction of sp³-hybridized carbons (Fsp3) is 0.429. The maximum Gasteiger partial charge on any atom is 0.416 e. The highest BCUT2D eigenvalue weighted by atomic mass is 19.4. The van der Waals surface area contributed by atoms with Gasteiger partial charge in [0.15, 0.2) is 5.78 Å². The number of carbonyl (C=O) groups excluding carboxylic acids is 2. The summed E-state index contributed by atoms with van der Waals surface area (Å²) in [6.07, 6.45) is -3.24. The standard InChI is InChI=1S/C14H15F3O3/c1-20-13(19)8-3-2-7-12(18)10-5-4-6-11(9-10)14(15,16)17/h4-6,9H,2-3,7-8H2,1H3. The van der Waals surface area contributed by atoms with Crippen LogP contribution < -0.4 is 0 Å². The van der Waals surface area contributed by atoms with Crippen LogP contribution in [0.5, 0.6) is 0 Å². The number of rotatable bonds is 6. The lowest BCUT2D eigenvalue weighted by Crippen LogP contribution is -2.07. The minimum atomic E-state index is -4.46. The highest BCUT2D eigenvalue weighted by Gasteiger charge is 2.30. The first kappa shape index (κ1) is 16.2. The van der Waals surface area contributed by atoms with Crippen molar-refractivity contribution in [2.24, 2.45) is 0 Å². The Morgan fingerprint density at radius 1 is 1.15 bits per heavy atom. The van der Waals surface area contributed by atoms with E-state index in [1.165, 1.54) is 19.2 Å². The van der Waals surface area contributed by atoms with E-state index in [2.05, 4.69) is 4.74 Å². The predicted molar refractivity (Wildman–Crippen MR) is 66.3 cm³/mol. The molecule has 3 nitrogen and oxygen atoms in total. The largest absolute Gasteiger partial charge is 0.469 e. The van der Waals surface area contributed by atoms with Gasteiger partial charge in [0, 0.05) is 18.4 Å². The third-order valence-electron chi connectivity index (χ3n) is 2.77. The maximum absolute atomic E-state index is 12.5. The monoisotopic (exact) mass is 288 g/mol. The van der Waals surface area contributed by atoms with Gasteiger partial charge in [-0.05, 0) is 25.0 Å². The zero-order valence-electron chi connectivity index (χ0n) is 11.0. The van der Waals surface area contributed by atoms with Gasteiger partial charge in [-0.1, -0.05) is 12.1 Å². The van der Waals surface area contributed by atoms with Crippen LogP contribution in [0.15, 0.2) is 24.3 Å². The predicted octanol–water partition coefficient (Wildman–Crippen LogP) is 3.62. The molecule has 0 atom stereocenters. The zero-order valence-corrected chi connectivity index (χ0v) is 11.0. The Kier molecular flexibility index (Phi) is 5.73. The molecular weight excluding hydrogens is 273 g/mol. The highest BCUT2D eigenvalue weighted by molar-refractivity contribution is 5.96. The van der Waals surface area contributed by atoms with Crippen LogP contribution >= 0.6 is 0 Å². The van der Waals surface area contributed by atoms with Gasteiger partial charge in [-0.25, -0.2) is 0 Å². The zero-order chi connectivity index (χ0) is 15.2. The second kappa shape index (κ2) is 7.07. The number of alkyl halides is 3. The summed E-state index contributed by atoms with van der Waals surface area (Å²) in [7, 11) is 1.27. The number of halogens is 3. The first-order valence-electron chi connectivity index (χ1n) is 6.12. The Labute approximate surface area is 114 Å². The molecule has 0 aliphatic rings. The van der Waals surface area contributed by atoms with E-state index < -0.39 is 11.7 Å². The van der Waals surface area contributed by atoms with E-state index in [1.54, 1.807) is 0 Å². The van der Waals surface area contributed by atoms with Crippen molar-refractivity contribution >= 4 is 11.8 Å². The molecule has 0 radical (unpaired) electrons. The van der Waals surface area contributed by atoms with Crippen LogP contribution in [0.3, 0.4) is 0 Å². The normalized spacial score (nSPS) is 11.2. The minimum absolute atomic E-state index is 0.0397. The van der Waals surface area contributed by atoms with Crippen molar-refractivity contribution in [2.75, 3.05) is 7.11 Å². The van der Waals surface area contributed by atoms with Gasteiger partial charge < -0.3 is 4.74 Å². The van der Waals surface area contributed by atoms with Crippen LogP contribution in [-0.2, 0) is 15.7 Å². The molecule has 0 unspecified atom stereocenters. The Morgan fingerprint density at radius 3 is 2.40 bits per heavy atom. The van der Waals surface area contributed by atoms with E-state index in [-0.39, 0.29) is 30.2 Å². The first-order valence-corrected chi connectivity index (χ1v) is 6.12. The topological polar surface area (TPSA) is 43.4 Å². The summed E-state index contributed by atoms with van der Waals surface area (Å²) in [5.41, 5.74) is -0.796. The van der Waals surface area contributed by atoms with Crippen LogP contribution in [0, 0.1) is 0 Å². The number of ether oxygens (including phenoxy) is 1. The molecule has 0 aromatic heterocycles. The van der Waals surface area contributed by atoms with Gasteiger partial charge in [-0.3, -0.25) is 9.59 Å². The Morgan fingerprint density at radius 2 is 1.80 bits per heavy atom. The molecule has 0 bridgehead atoms. The molecule has 110 valence electrons. The van der Waals surface area contributed by atoms with Crippen molar-refractivity contribution in [3.63, 3.8) is 0 Å². The van der Waals surface area contributed by atoms with Crippen molar-refractivity contribution in [1.29, 1.82) is 0 Å². The van der Waals surface area contributed by atoms with Crippen molar-refractivity contribution in [1.82, 2.24) is 0 Å². The molecule has 1 rings (SSSR count). The average Bonchev–Trinajstić information content (AvgIpc) is 2.42. The van der Waals surface area contributed by atoms with Crippen molar-refractivity contribution in [2.45, 2.75) is 31.9 Å². The van der Waals surface area contributed by atoms with Crippen molar-refractivity contribution < 1.29 is 27.5 Å². The van der Waals surface area contributed by atoms with Gasteiger partial charge in [0.25, 0.3) is 0 Å². The number of esters is 1. The number of hydrogen-bond donors (Lipinski definition) is 0. The van der Waals surface area contributed by atoms with Crippen LogP contribution in [0.25, 0.3) is 0 Å². The summed E-state index contributed by atoms with van der Waals surface area (Å²) >= 11 is 0. The molecule has 0 fully saturated rings. The molecule has 20 heavy (non-hydrogen) atoms. The molecular formula is C14H15F3O3. The first-order chi connectivity index (χ1) is 9.34. The van der Waals surface area contributed by atoms with E-state index >= 15 is 0 Å². The summed E-state index contributed by atoms with van der Waals surface area (Å²) in [5.74, 6) is -0.725. The number of benzene rings is 1. The molecule has 1 aromatic rings. The van der Waals surface area contributed by atoms with E-state index in [9.17, 15) is 22.8 Å². The molecule has 0 spiro atoms. The van der Waals surface area contributed by atoms with E-state index in [0.29, 0.717) is 12.8 Å². The van der Waals surface area contributed by atoms with Gasteiger partial charge in [-0.15, -0.1) is 0 Å². The quantitative estimate of drug-likeness (QED) is 0.456. The Balaban J connectivity index is 2.54. The minimum Gasteiger partial charge on any atom is -0.469 e. The van der Waals surface area contributed by atoms with Gasteiger partial charge in [0.2, 0.25) is 0 Å². The summed E-state index contributed by atoms with van der Waals surface area (Å²) in [6, 6.07) is 4.35. The van der Waals surface area contributed by atoms with E-state index in [4.69, 9.17) is 0 Å². The van der Waals surface area contributed by atoms with Gasteiger partial charge in [0.1, 0.15) is 0 Å². The van der Waals surface area contributed by atoms with Gasteiger partial charge in [0.05, 0.1) is 12.7 Å². The Hall–Kier alpha value is -1.85.